The maximum Gasteiger partial charge on any atom is 0.118 e. The molecule has 0 bridgehead atoms. The first kappa shape index (κ1) is 16.5. The molecule has 0 aliphatic carbocycles. The molecular weight excluding hydrogens is 274 g/mol. The number of aliphatic hydroxyl groups excluding tert-OH is 1. The number of rotatable bonds is 7. The minimum Gasteiger partial charge on any atom is -0.497 e. The molecule has 2 aromatic rings. The number of ether oxygens (including phenoxy) is 1. The lowest BCUT2D eigenvalue weighted by molar-refractivity contribution is 0.235. The number of hydrogen-bond donors (Lipinski definition) is 2. The third-order valence-corrected chi connectivity index (χ3v) is 4.04. The van der Waals surface area contributed by atoms with Crippen molar-refractivity contribution >= 4 is 0 Å². The number of hydrogen-bond acceptors (Lipinski definition) is 3. The molecular formula is C19H25NO2. The summed E-state index contributed by atoms with van der Waals surface area (Å²) in [6.07, 6.45) is 1.03. The van der Waals surface area contributed by atoms with Gasteiger partial charge in [0.1, 0.15) is 5.75 Å². The van der Waals surface area contributed by atoms with E-state index in [0.717, 1.165) is 17.7 Å². The van der Waals surface area contributed by atoms with E-state index in [0.29, 0.717) is 0 Å². The van der Waals surface area contributed by atoms with Crippen LogP contribution in [-0.2, 0) is 6.42 Å². The highest BCUT2D eigenvalue weighted by Gasteiger charge is 2.14. The van der Waals surface area contributed by atoms with Crippen LogP contribution in [0.3, 0.4) is 0 Å². The smallest absolute Gasteiger partial charge is 0.118 e. The van der Waals surface area contributed by atoms with Gasteiger partial charge in [-0.1, -0.05) is 43.3 Å². The van der Waals surface area contributed by atoms with Crippen molar-refractivity contribution in [1.82, 2.24) is 5.32 Å². The van der Waals surface area contributed by atoms with Gasteiger partial charge in [-0.15, -0.1) is 0 Å². The average Bonchev–Trinajstić information content (AvgIpc) is 2.59. The maximum absolute atomic E-state index is 9.70. The fraction of sp³-hybridized carbons (Fsp3) is 0.368. The molecule has 22 heavy (non-hydrogen) atoms. The van der Waals surface area contributed by atoms with Crippen molar-refractivity contribution in [3.05, 3.63) is 65.2 Å². The highest BCUT2D eigenvalue weighted by molar-refractivity contribution is 5.30. The highest BCUT2D eigenvalue weighted by atomic mass is 16.5. The first-order valence-electron chi connectivity index (χ1n) is 7.77. The molecule has 0 heterocycles. The van der Waals surface area contributed by atoms with Gasteiger partial charge < -0.3 is 15.2 Å². The van der Waals surface area contributed by atoms with Gasteiger partial charge in [-0.05, 0) is 42.2 Å². The predicted molar refractivity (Wildman–Crippen MR) is 90.2 cm³/mol. The Hall–Kier alpha value is -1.84. The number of methoxy groups -OCH3 is 1. The van der Waals surface area contributed by atoms with Crippen molar-refractivity contribution in [2.24, 2.45) is 0 Å². The van der Waals surface area contributed by atoms with Gasteiger partial charge in [-0.3, -0.25) is 0 Å². The van der Waals surface area contributed by atoms with Gasteiger partial charge in [0.2, 0.25) is 0 Å². The molecule has 0 radical (unpaired) electrons. The van der Waals surface area contributed by atoms with E-state index in [9.17, 15) is 5.11 Å². The summed E-state index contributed by atoms with van der Waals surface area (Å²) < 4.78 is 5.18. The summed E-state index contributed by atoms with van der Waals surface area (Å²) in [5.41, 5.74) is 3.59. The van der Waals surface area contributed by atoms with Crippen LogP contribution < -0.4 is 10.1 Å². The van der Waals surface area contributed by atoms with Crippen LogP contribution in [0.5, 0.6) is 5.75 Å². The third kappa shape index (κ3) is 4.09. The quantitative estimate of drug-likeness (QED) is 0.820. The Morgan fingerprint density at radius 2 is 1.59 bits per heavy atom. The van der Waals surface area contributed by atoms with E-state index in [2.05, 4.69) is 43.4 Å². The molecule has 3 heteroatoms. The summed E-state index contributed by atoms with van der Waals surface area (Å²) in [5, 5.41) is 13.2. The lowest BCUT2D eigenvalue weighted by Gasteiger charge is -2.23. The number of aliphatic hydroxyl groups is 1. The standard InChI is InChI=1S/C19H25NO2/c1-4-15-5-7-17(8-6-15)19(13-21)20-14(2)16-9-11-18(22-3)12-10-16/h5-12,14,19-21H,4,13H2,1-3H3. The minimum atomic E-state index is -0.0667. The zero-order valence-corrected chi connectivity index (χ0v) is 13.5. The van der Waals surface area contributed by atoms with Gasteiger partial charge in [0.15, 0.2) is 0 Å². The van der Waals surface area contributed by atoms with Crippen LogP contribution in [0, 0.1) is 0 Å². The number of nitrogens with one attached hydrogen (secondary N) is 1. The molecule has 0 saturated carbocycles. The fourth-order valence-corrected chi connectivity index (χ4v) is 2.53. The van der Waals surface area contributed by atoms with Crippen LogP contribution in [0.15, 0.2) is 48.5 Å². The van der Waals surface area contributed by atoms with Crippen LogP contribution in [0.4, 0.5) is 0 Å². The topological polar surface area (TPSA) is 41.5 Å². The predicted octanol–water partition coefficient (Wildman–Crippen LogP) is 3.64. The summed E-state index contributed by atoms with van der Waals surface area (Å²) in [5.74, 6) is 0.852. The summed E-state index contributed by atoms with van der Waals surface area (Å²) in [6, 6.07) is 16.5. The Bertz CT molecular complexity index is 563. The molecule has 0 amide bonds. The molecule has 0 aromatic heterocycles. The van der Waals surface area contributed by atoms with Crippen molar-refractivity contribution in [3.8, 4) is 5.75 Å². The summed E-state index contributed by atoms with van der Waals surface area (Å²) >= 11 is 0. The third-order valence-electron chi connectivity index (χ3n) is 4.04. The largest absolute Gasteiger partial charge is 0.497 e. The van der Waals surface area contributed by atoms with E-state index in [-0.39, 0.29) is 18.7 Å². The molecule has 2 atom stereocenters. The second-order valence-electron chi connectivity index (χ2n) is 5.49. The van der Waals surface area contributed by atoms with Gasteiger partial charge in [-0.25, -0.2) is 0 Å². The van der Waals surface area contributed by atoms with E-state index in [1.54, 1.807) is 7.11 Å². The summed E-state index contributed by atoms with van der Waals surface area (Å²) in [6.45, 7) is 4.32. The normalized spacial score (nSPS) is 13.6. The Morgan fingerprint density at radius 3 is 2.09 bits per heavy atom. The molecule has 0 fully saturated rings. The maximum atomic E-state index is 9.70. The van der Waals surface area contributed by atoms with Crippen LogP contribution in [0.25, 0.3) is 0 Å². The van der Waals surface area contributed by atoms with E-state index >= 15 is 0 Å². The first-order chi connectivity index (χ1) is 10.7. The van der Waals surface area contributed by atoms with E-state index in [1.165, 1.54) is 11.1 Å². The van der Waals surface area contributed by atoms with E-state index < -0.39 is 0 Å². The summed E-state index contributed by atoms with van der Waals surface area (Å²) in [7, 11) is 1.67. The summed E-state index contributed by atoms with van der Waals surface area (Å²) in [4.78, 5) is 0. The molecule has 2 N–H and O–H groups in total. The monoisotopic (exact) mass is 299 g/mol. The zero-order chi connectivity index (χ0) is 15.9. The van der Waals surface area contributed by atoms with Crippen LogP contribution >= 0.6 is 0 Å². The Kier molecular flexibility index (Phi) is 5.99. The molecule has 0 saturated heterocycles. The molecule has 2 unspecified atom stereocenters. The van der Waals surface area contributed by atoms with Crippen molar-refractivity contribution in [2.45, 2.75) is 32.4 Å². The SMILES string of the molecule is CCc1ccc(C(CO)NC(C)c2ccc(OC)cc2)cc1. The molecule has 0 aliphatic rings. The van der Waals surface area contributed by atoms with Gasteiger partial charge in [0, 0.05) is 6.04 Å². The van der Waals surface area contributed by atoms with Crippen molar-refractivity contribution in [3.63, 3.8) is 0 Å². The van der Waals surface area contributed by atoms with Gasteiger partial charge >= 0.3 is 0 Å². The van der Waals surface area contributed by atoms with E-state index in [4.69, 9.17) is 4.74 Å². The second kappa shape index (κ2) is 7.97. The van der Waals surface area contributed by atoms with Crippen molar-refractivity contribution < 1.29 is 9.84 Å². The number of benzene rings is 2. The molecule has 2 aromatic carbocycles. The lowest BCUT2D eigenvalue weighted by atomic mass is 10.0. The minimum absolute atomic E-state index is 0.0667. The van der Waals surface area contributed by atoms with Crippen LogP contribution in [0.1, 0.15) is 42.6 Å². The fourth-order valence-electron chi connectivity index (χ4n) is 2.53. The average molecular weight is 299 g/mol. The van der Waals surface area contributed by atoms with Gasteiger partial charge in [0.25, 0.3) is 0 Å². The molecule has 0 spiro atoms. The number of aryl methyl sites for hydroxylation is 1. The molecule has 0 aliphatic heterocycles. The van der Waals surface area contributed by atoms with Crippen molar-refractivity contribution in [1.29, 1.82) is 0 Å². The van der Waals surface area contributed by atoms with Crippen LogP contribution in [-0.4, -0.2) is 18.8 Å². The van der Waals surface area contributed by atoms with Crippen LogP contribution in [0.2, 0.25) is 0 Å². The Balaban J connectivity index is 2.07. The van der Waals surface area contributed by atoms with Gasteiger partial charge in [0.05, 0.1) is 19.8 Å². The molecule has 3 nitrogen and oxygen atoms in total. The molecule has 118 valence electrons. The second-order valence-corrected chi connectivity index (χ2v) is 5.49. The first-order valence-corrected chi connectivity index (χ1v) is 7.77. The Labute approximate surface area is 133 Å². The highest BCUT2D eigenvalue weighted by Crippen LogP contribution is 2.22. The van der Waals surface area contributed by atoms with Gasteiger partial charge in [-0.2, -0.15) is 0 Å². The Morgan fingerprint density at radius 1 is 1.00 bits per heavy atom. The van der Waals surface area contributed by atoms with Crippen molar-refractivity contribution in [2.75, 3.05) is 13.7 Å². The van der Waals surface area contributed by atoms with E-state index in [1.807, 2.05) is 24.3 Å². The zero-order valence-electron chi connectivity index (χ0n) is 13.5. The molecule has 2 rings (SSSR count). The lowest BCUT2D eigenvalue weighted by Crippen LogP contribution is -2.27.